The minimum absolute atomic E-state index is 0. The summed E-state index contributed by atoms with van der Waals surface area (Å²) in [5.74, 6) is 0. The highest BCUT2D eigenvalue weighted by Gasteiger charge is 2.44. The second-order valence-electron chi connectivity index (χ2n) is 2.33. The standard InChI is InChI=1S/C6H7N.CHF3O3S.ClH/c7-6-4-2-1-3-5-6;2-1(3,4)8(5,6)7;/h1-5H,7H2;(H,5,6,7);1H. The molecule has 9 heteroatoms. The predicted molar refractivity (Wildman–Crippen MR) is 55.7 cm³/mol. The molecule has 0 aromatic heterocycles. The summed E-state index contributed by atoms with van der Waals surface area (Å²) in [6.45, 7) is 0. The zero-order chi connectivity index (χ0) is 12.1. The molecule has 0 amide bonds. The Morgan fingerprint density at radius 1 is 1.12 bits per heavy atom. The zero-order valence-corrected chi connectivity index (χ0v) is 9.31. The van der Waals surface area contributed by atoms with Crippen molar-refractivity contribution in [2.45, 2.75) is 5.51 Å². The first-order valence-corrected chi connectivity index (χ1v) is 4.93. The molecule has 0 bridgehead atoms. The normalized spacial score (nSPS) is 10.8. The molecule has 0 aliphatic heterocycles. The summed E-state index contributed by atoms with van der Waals surface area (Å²) in [6, 6.07) is 9.49. The lowest BCUT2D eigenvalue weighted by atomic mass is 10.3. The lowest BCUT2D eigenvalue weighted by Crippen LogP contribution is -2.21. The molecule has 0 aliphatic carbocycles. The van der Waals surface area contributed by atoms with Gasteiger partial charge in [-0.15, -0.1) is 12.4 Å². The van der Waals surface area contributed by atoms with Crippen LogP contribution in [0.3, 0.4) is 0 Å². The number of para-hydroxylation sites is 1. The number of benzene rings is 1. The first kappa shape index (κ1) is 17.4. The molecule has 4 nitrogen and oxygen atoms in total. The molecule has 3 N–H and O–H groups in total. The van der Waals surface area contributed by atoms with Crippen LogP contribution in [0.15, 0.2) is 30.3 Å². The van der Waals surface area contributed by atoms with Crippen molar-refractivity contribution in [1.82, 2.24) is 0 Å². The Kier molecular flexibility index (Phi) is 7.14. The highest BCUT2D eigenvalue weighted by atomic mass is 35.5. The second-order valence-corrected chi connectivity index (χ2v) is 3.74. The van der Waals surface area contributed by atoms with Crippen molar-refractivity contribution >= 4 is 28.2 Å². The molecule has 1 aromatic rings. The summed E-state index contributed by atoms with van der Waals surface area (Å²) in [6.07, 6.45) is 0. The fraction of sp³-hybridized carbons (Fsp3) is 0.143. The fourth-order valence-electron chi connectivity index (χ4n) is 0.453. The highest BCUT2D eigenvalue weighted by molar-refractivity contribution is 7.86. The Bertz CT molecular complexity index is 393. The number of anilines is 1. The number of hydrogen-bond donors (Lipinski definition) is 2. The molecule has 94 valence electrons. The van der Waals surface area contributed by atoms with Crippen molar-refractivity contribution < 1.29 is 26.1 Å². The average Bonchev–Trinajstić information content (AvgIpc) is 2.02. The molecule has 0 unspecified atom stereocenters. The summed E-state index contributed by atoms with van der Waals surface area (Å²) in [7, 11) is -5.84. The third kappa shape index (κ3) is 7.32. The van der Waals surface area contributed by atoms with Gasteiger partial charge in [-0.3, -0.25) is 4.55 Å². The molecule has 0 aliphatic rings. The Morgan fingerprint density at radius 2 is 1.44 bits per heavy atom. The van der Waals surface area contributed by atoms with E-state index >= 15 is 0 Å². The Hall–Kier alpha value is -0.990. The minimum atomic E-state index is -5.84. The summed E-state index contributed by atoms with van der Waals surface area (Å²) in [5.41, 5.74) is 0.645. The largest absolute Gasteiger partial charge is 0.522 e. The monoisotopic (exact) mass is 279 g/mol. The molecule has 0 fully saturated rings. The fourth-order valence-corrected chi connectivity index (χ4v) is 0.453. The smallest absolute Gasteiger partial charge is 0.399 e. The lowest BCUT2D eigenvalue weighted by Gasteiger charge is -1.97. The van der Waals surface area contributed by atoms with Gasteiger partial charge >= 0.3 is 15.6 Å². The van der Waals surface area contributed by atoms with Crippen LogP contribution in [0.5, 0.6) is 0 Å². The maximum absolute atomic E-state index is 10.7. The van der Waals surface area contributed by atoms with Gasteiger partial charge in [0, 0.05) is 5.69 Å². The van der Waals surface area contributed by atoms with Gasteiger partial charge in [-0.25, -0.2) is 0 Å². The van der Waals surface area contributed by atoms with E-state index in [2.05, 4.69) is 0 Å². The third-order valence-electron chi connectivity index (χ3n) is 1.09. The van der Waals surface area contributed by atoms with Gasteiger partial charge in [0.2, 0.25) is 0 Å². The van der Waals surface area contributed by atoms with Crippen LogP contribution in [0.25, 0.3) is 0 Å². The van der Waals surface area contributed by atoms with E-state index in [1.165, 1.54) is 0 Å². The summed E-state index contributed by atoms with van der Waals surface area (Å²) in [5, 5.41) is 0. The van der Waals surface area contributed by atoms with Gasteiger partial charge in [0.15, 0.2) is 0 Å². The number of rotatable bonds is 0. The molecule has 0 saturated heterocycles. The quantitative estimate of drug-likeness (QED) is 0.433. The van der Waals surface area contributed by atoms with Crippen molar-refractivity contribution in [3.63, 3.8) is 0 Å². The van der Waals surface area contributed by atoms with E-state index in [9.17, 15) is 13.2 Å². The van der Waals surface area contributed by atoms with Crippen molar-refractivity contribution in [3.8, 4) is 0 Å². The number of nitrogen functional groups attached to an aromatic ring is 1. The van der Waals surface area contributed by atoms with Gasteiger partial charge < -0.3 is 5.73 Å². The van der Waals surface area contributed by atoms with Gasteiger partial charge in [-0.2, -0.15) is 21.6 Å². The van der Waals surface area contributed by atoms with E-state index in [0.717, 1.165) is 5.69 Å². The number of hydrogen-bond acceptors (Lipinski definition) is 3. The Labute approximate surface area is 96.4 Å². The minimum Gasteiger partial charge on any atom is -0.399 e. The Morgan fingerprint density at radius 3 is 1.56 bits per heavy atom. The van der Waals surface area contributed by atoms with E-state index < -0.39 is 15.6 Å². The summed E-state index contributed by atoms with van der Waals surface area (Å²) >= 11 is 0. The van der Waals surface area contributed by atoms with E-state index in [1.807, 2.05) is 30.3 Å². The van der Waals surface area contributed by atoms with Gasteiger partial charge in [-0.1, -0.05) is 18.2 Å². The van der Waals surface area contributed by atoms with Crippen LogP contribution in [0.1, 0.15) is 0 Å². The van der Waals surface area contributed by atoms with Crippen LogP contribution >= 0.6 is 12.4 Å². The van der Waals surface area contributed by atoms with Crippen LogP contribution < -0.4 is 5.73 Å². The summed E-state index contributed by atoms with van der Waals surface area (Å²) in [4.78, 5) is 0. The SMILES string of the molecule is Cl.Nc1ccccc1.O=S(=O)(O)C(F)(F)F. The Balaban J connectivity index is 0. The maximum Gasteiger partial charge on any atom is 0.522 e. The summed E-state index contributed by atoms with van der Waals surface area (Å²) < 4.78 is 57.5. The van der Waals surface area contributed by atoms with Crippen molar-refractivity contribution in [2.24, 2.45) is 0 Å². The topological polar surface area (TPSA) is 80.4 Å². The molecule has 1 aromatic carbocycles. The van der Waals surface area contributed by atoms with Crippen LogP contribution in [0, 0.1) is 0 Å². The average molecular weight is 280 g/mol. The lowest BCUT2D eigenvalue weighted by molar-refractivity contribution is -0.0510. The molecule has 0 radical (unpaired) electrons. The zero-order valence-electron chi connectivity index (χ0n) is 7.68. The van der Waals surface area contributed by atoms with Gasteiger partial charge in [-0.05, 0) is 12.1 Å². The van der Waals surface area contributed by atoms with E-state index in [1.54, 1.807) is 0 Å². The molecule has 0 saturated carbocycles. The molecular formula is C7H9ClF3NO3S. The molecule has 0 heterocycles. The third-order valence-corrected chi connectivity index (χ3v) is 1.68. The van der Waals surface area contributed by atoms with Gasteiger partial charge in [0.1, 0.15) is 0 Å². The number of halogens is 4. The van der Waals surface area contributed by atoms with E-state index in [-0.39, 0.29) is 12.4 Å². The maximum atomic E-state index is 10.7. The number of alkyl halides is 3. The van der Waals surface area contributed by atoms with E-state index in [4.69, 9.17) is 18.7 Å². The molecular weight excluding hydrogens is 271 g/mol. The first-order valence-electron chi connectivity index (χ1n) is 3.49. The molecule has 0 spiro atoms. The van der Waals surface area contributed by atoms with Crippen LogP contribution in [0.4, 0.5) is 18.9 Å². The van der Waals surface area contributed by atoms with Crippen LogP contribution in [0.2, 0.25) is 0 Å². The van der Waals surface area contributed by atoms with Gasteiger partial charge in [0.25, 0.3) is 0 Å². The molecule has 1 rings (SSSR count). The highest BCUT2D eigenvalue weighted by Crippen LogP contribution is 2.20. The molecule has 0 atom stereocenters. The second kappa shape index (κ2) is 6.56. The van der Waals surface area contributed by atoms with E-state index in [0.29, 0.717) is 0 Å². The van der Waals surface area contributed by atoms with Crippen molar-refractivity contribution in [1.29, 1.82) is 0 Å². The van der Waals surface area contributed by atoms with Gasteiger partial charge in [0.05, 0.1) is 0 Å². The number of nitrogens with two attached hydrogens (primary N) is 1. The van der Waals surface area contributed by atoms with Crippen molar-refractivity contribution in [2.75, 3.05) is 5.73 Å². The predicted octanol–water partition coefficient (Wildman–Crippen LogP) is 2.08. The van der Waals surface area contributed by atoms with Crippen LogP contribution in [-0.2, 0) is 10.1 Å². The molecule has 16 heavy (non-hydrogen) atoms. The van der Waals surface area contributed by atoms with Crippen molar-refractivity contribution in [3.05, 3.63) is 30.3 Å². The van der Waals surface area contributed by atoms with Crippen LogP contribution in [-0.4, -0.2) is 18.5 Å². The first-order chi connectivity index (χ1) is 6.64.